The molecule has 6 heterocycles. The molecule has 0 spiro atoms. The van der Waals surface area contributed by atoms with Gasteiger partial charge in [0.15, 0.2) is 0 Å². The maximum absolute atomic E-state index is 5.42. The van der Waals surface area contributed by atoms with Crippen molar-refractivity contribution < 1.29 is 134 Å². The average Bonchev–Trinajstić information content (AvgIpc) is 3.32. The minimum absolute atomic E-state index is 0. The summed E-state index contributed by atoms with van der Waals surface area (Å²) in [5.41, 5.74) is 17.2. The summed E-state index contributed by atoms with van der Waals surface area (Å²) < 4.78 is 0. The van der Waals surface area contributed by atoms with Gasteiger partial charge in [0.1, 0.15) is 0 Å². The Hall–Kier alpha value is -0.658. The van der Waals surface area contributed by atoms with E-state index in [0.717, 1.165) is 5.69 Å². The molecule has 0 N–H and O–H groups in total. The summed E-state index contributed by atoms with van der Waals surface area (Å²) in [6.07, 6.45) is 13.2. The minimum atomic E-state index is 0. The van der Waals surface area contributed by atoms with Gasteiger partial charge in [-0.25, -0.2) is 0 Å². The normalized spacial score (nSPS) is 10.7. The summed E-state index contributed by atoms with van der Waals surface area (Å²) >= 11 is 0. The predicted octanol–water partition coefficient (Wildman–Crippen LogP) is 28.6. The molecule has 594 valence electrons. The molecule has 6 rings (SSSR count). The van der Waals surface area contributed by atoms with Crippen LogP contribution in [0.1, 0.15) is 361 Å². The number of pyridine rings is 6. The Morgan fingerprint density at radius 2 is 0.510 bits per heavy atom. The van der Waals surface area contributed by atoms with Gasteiger partial charge in [0, 0.05) is 222 Å². The van der Waals surface area contributed by atoms with E-state index >= 15 is 0 Å². The molecular formula is C90H168N6Nb6-6. The van der Waals surface area contributed by atoms with Gasteiger partial charge in [0.05, 0.1) is 11.4 Å². The van der Waals surface area contributed by atoms with Crippen LogP contribution in [0.2, 0.25) is 0 Å². The van der Waals surface area contributed by atoms with Crippen molar-refractivity contribution in [3.05, 3.63) is 222 Å². The van der Waals surface area contributed by atoms with Crippen LogP contribution in [-0.4, -0.2) is 29.9 Å². The smallest absolute Gasteiger partial charge is 0.0501 e. The zero-order valence-corrected chi connectivity index (χ0v) is 83.0. The average molecular weight is 1890 g/mol. The zero-order chi connectivity index (χ0) is 65.9. The van der Waals surface area contributed by atoms with Gasteiger partial charge in [-0.3, -0.25) is 29.9 Å². The maximum atomic E-state index is 5.42. The van der Waals surface area contributed by atoms with E-state index in [0.29, 0.717) is 0 Å². The molecule has 0 saturated carbocycles. The van der Waals surface area contributed by atoms with Crippen LogP contribution in [0, 0.1) is 44.6 Å². The van der Waals surface area contributed by atoms with Crippen molar-refractivity contribution in [2.75, 3.05) is 0 Å². The first-order chi connectivity index (χ1) is 37.3. The molecule has 12 heteroatoms. The molecule has 6 nitrogen and oxygen atoms in total. The summed E-state index contributed by atoms with van der Waals surface area (Å²) in [6, 6.07) is 22.8. The molecule has 0 aliphatic carbocycles. The van der Waals surface area contributed by atoms with Crippen LogP contribution >= 0.6 is 0 Å². The SMILES string of the molecule is C.C.C.C.C.C.CC(C)(C)c1cccc(C(C)(C)C)n1.CC(C)(C)c1ccccn1.CC(C)(C)c1cccnc1.CC(C)(C)c1ccncc1.CC(C)(C)c1cncc(C(C)(C)C)c1.CC(C)(C)c1nc(C(C)(C)C)c(C(C)(C)C)c(C(C)(C)C)c1C(C)(C)C.[CH3-].[CH3-].[CH3-].[CH3-].[CH3-].[CH3-].[Nb].[Nb].[Nb].[Nb].[Nb].[Nb]. The molecule has 0 unspecified atom stereocenters. The van der Waals surface area contributed by atoms with E-state index in [2.05, 4.69) is 318 Å². The van der Waals surface area contributed by atoms with Crippen LogP contribution < -0.4 is 0 Å². The van der Waals surface area contributed by atoms with Gasteiger partial charge in [-0.05, 0) is 119 Å². The van der Waals surface area contributed by atoms with Crippen molar-refractivity contribution in [1.29, 1.82) is 0 Å². The van der Waals surface area contributed by atoms with Crippen molar-refractivity contribution >= 4 is 0 Å². The molecule has 102 heavy (non-hydrogen) atoms. The number of nitrogens with zero attached hydrogens (tertiary/aromatic N) is 6. The summed E-state index contributed by atoms with van der Waals surface area (Å²) in [5, 5.41) is 0. The Kier molecular flexibility index (Phi) is 82.7. The second kappa shape index (κ2) is 57.4. The number of hydrogen-bond acceptors (Lipinski definition) is 6. The third kappa shape index (κ3) is 52.4. The standard InChI is InChI=1S/C25H45N.2C13H21N.3C9H13N.6CH4.6CH3.6Nb/c1-21(2,3)16-17(22(4,5)6)19(24(10,11)12)26-20(25(13,14)15)18(16)23(7,8)9;1-12(2,3)10-7-11(9-14-8-10)13(4,5)6;1-12(2,3)10-8-7-9-11(14-10)13(4,5)6;1-9(2,3)8-4-6-10-7-5-8;1-9(2,3)8-5-4-6-10-7-8;1-9(2,3)8-6-4-5-7-10-8;;;;;;;;;;;;;;;;;;/h1-15H3;2*7-9H,1-6H3;3*4-7H,1-3H3;6*1H4;6*1H3;;;;;;/q;;;;;;;;;;;;6*-1;;;;;;. The fraction of sp³-hybridized carbons (Fsp3) is 0.600. The van der Waals surface area contributed by atoms with Crippen molar-refractivity contribution in [3.8, 4) is 0 Å². The molecule has 0 fully saturated rings. The summed E-state index contributed by atoms with van der Waals surface area (Å²) in [4.78, 5) is 26.7. The molecule has 0 aliphatic rings. The van der Waals surface area contributed by atoms with E-state index in [1.165, 1.54) is 61.7 Å². The first kappa shape index (κ1) is 147. The molecule has 0 atom stereocenters. The van der Waals surface area contributed by atoms with E-state index in [1.54, 1.807) is 6.20 Å². The van der Waals surface area contributed by atoms with Gasteiger partial charge in [-0.15, -0.1) is 0 Å². The molecular weight excluding hydrogens is 1720 g/mol. The largest absolute Gasteiger partial charge is 0.358 e. The monoisotopic (exact) mass is 1890 g/mol. The van der Waals surface area contributed by atoms with Crippen LogP contribution in [0.4, 0.5) is 0 Å². The van der Waals surface area contributed by atoms with Gasteiger partial charge in [0.2, 0.25) is 0 Å². The van der Waals surface area contributed by atoms with Gasteiger partial charge in [0.25, 0.3) is 0 Å². The fourth-order valence-electron chi connectivity index (χ4n) is 8.88. The van der Waals surface area contributed by atoms with E-state index in [9.17, 15) is 0 Å². The molecule has 6 aromatic rings. The second-order valence-corrected chi connectivity index (χ2v) is 35.5. The Bertz CT molecular complexity index is 2620. The van der Waals surface area contributed by atoms with Crippen LogP contribution in [-0.2, 0) is 199 Å². The van der Waals surface area contributed by atoms with Crippen molar-refractivity contribution in [2.45, 2.75) is 359 Å². The third-order valence-corrected chi connectivity index (χ3v) is 14.1. The van der Waals surface area contributed by atoms with E-state index in [4.69, 9.17) is 9.97 Å². The number of rotatable bonds is 0. The molecule has 0 aromatic carbocycles. The number of hydrogen-bond donors (Lipinski definition) is 0. The zero-order valence-electron chi connectivity index (χ0n) is 69.8. The van der Waals surface area contributed by atoms with Crippen LogP contribution in [0.25, 0.3) is 0 Å². The molecule has 6 aromatic heterocycles. The Morgan fingerprint density at radius 1 is 0.216 bits per heavy atom. The first-order valence-corrected chi connectivity index (χ1v) is 31.1. The minimum Gasteiger partial charge on any atom is -0.358 e. The Morgan fingerprint density at radius 3 is 0.716 bits per heavy atom. The number of aromatic nitrogens is 6. The quantitative estimate of drug-likeness (QED) is 0.111. The summed E-state index contributed by atoms with van der Waals surface area (Å²) in [6.45, 7) is 81.1. The second-order valence-electron chi connectivity index (χ2n) is 35.5. The topological polar surface area (TPSA) is 77.3 Å². The van der Waals surface area contributed by atoms with Crippen LogP contribution in [0.3, 0.4) is 0 Å². The van der Waals surface area contributed by atoms with Gasteiger partial charge < -0.3 is 44.6 Å². The van der Waals surface area contributed by atoms with Gasteiger partial charge in [-0.1, -0.05) is 318 Å². The van der Waals surface area contributed by atoms with Crippen LogP contribution in [0.15, 0.2) is 110 Å². The molecule has 0 bridgehead atoms. The molecule has 0 amide bonds. The molecule has 6 radical (unpaired) electrons. The maximum Gasteiger partial charge on any atom is 0.0501 e. The van der Waals surface area contributed by atoms with E-state index in [1.807, 2.05) is 55.4 Å². The third-order valence-electron chi connectivity index (χ3n) is 14.1. The van der Waals surface area contributed by atoms with Crippen LogP contribution in [0.5, 0.6) is 0 Å². The van der Waals surface area contributed by atoms with E-state index in [-0.39, 0.29) is 288 Å². The summed E-state index contributed by atoms with van der Waals surface area (Å²) in [5.74, 6) is 0. The first-order valence-electron chi connectivity index (χ1n) is 31.1. The molecule has 0 aliphatic heterocycles. The summed E-state index contributed by atoms with van der Waals surface area (Å²) in [7, 11) is 0. The van der Waals surface area contributed by atoms with Gasteiger partial charge in [-0.2, -0.15) is 0 Å². The van der Waals surface area contributed by atoms with Crippen molar-refractivity contribution in [1.82, 2.24) is 29.9 Å². The Balaban J connectivity index is -0.0000000518. The van der Waals surface area contributed by atoms with E-state index < -0.39 is 0 Å². The van der Waals surface area contributed by atoms with Crippen molar-refractivity contribution in [3.63, 3.8) is 0 Å². The fourth-order valence-corrected chi connectivity index (χ4v) is 8.88. The molecule has 0 saturated heterocycles. The van der Waals surface area contributed by atoms with Gasteiger partial charge >= 0.3 is 0 Å². The Labute approximate surface area is 737 Å². The predicted molar refractivity (Wildman–Crippen MR) is 449 cm³/mol. The van der Waals surface area contributed by atoms with Crippen molar-refractivity contribution in [2.24, 2.45) is 0 Å².